The molecule has 4 rings (SSSR count). The van der Waals surface area contributed by atoms with Gasteiger partial charge in [0, 0.05) is 25.0 Å². The standard InChI is InChI=1S/C34H31Cl2F5N4O5/c1-33(2,3)50-32(48)43-31-44(4)10-11-45(31)17-18-12-22(21-8-7-20(37)15-24(21)34(39,40)41)29(38)23(13-18)30(47)42-27(16-28(46)49-5)19-6-9-25(35)26(36)14-19/h6-15,27H,16-17H2,1-5H3,(H,42,47)/b43-31-. The third-order valence-corrected chi connectivity index (χ3v) is 7.92. The Morgan fingerprint density at radius 1 is 0.940 bits per heavy atom. The van der Waals surface area contributed by atoms with E-state index in [1.807, 2.05) is 0 Å². The van der Waals surface area contributed by atoms with Crippen LogP contribution in [-0.4, -0.2) is 39.8 Å². The minimum Gasteiger partial charge on any atom is -0.469 e. The van der Waals surface area contributed by atoms with Gasteiger partial charge in [0.15, 0.2) is 0 Å². The molecular weight excluding hydrogens is 710 g/mol. The quantitative estimate of drug-likeness (QED) is 0.146. The monoisotopic (exact) mass is 740 g/mol. The van der Waals surface area contributed by atoms with Crippen molar-refractivity contribution in [3.8, 4) is 11.1 Å². The molecule has 16 heteroatoms. The second kappa shape index (κ2) is 15.1. The molecule has 0 saturated heterocycles. The summed E-state index contributed by atoms with van der Waals surface area (Å²) >= 11 is 12.2. The largest absolute Gasteiger partial charge is 0.469 e. The highest BCUT2D eigenvalue weighted by molar-refractivity contribution is 6.42. The number of hydrogen-bond acceptors (Lipinski definition) is 5. The number of imidazole rings is 1. The highest BCUT2D eigenvalue weighted by Gasteiger charge is 2.35. The average molecular weight is 742 g/mol. The number of amides is 2. The molecule has 0 saturated carbocycles. The van der Waals surface area contributed by atoms with E-state index in [1.54, 1.807) is 27.8 Å². The van der Waals surface area contributed by atoms with Gasteiger partial charge in [-0.3, -0.25) is 9.59 Å². The van der Waals surface area contributed by atoms with Crippen LogP contribution in [0.2, 0.25) is 10.0 Å². The number of halogens is 7. The van der Waals surface area contributed by atoms with Crippen LogP contribution in [0.4, 0.5) is 26.7 Å². The molecule has 2 amide bonds. The average Bonchev–Trinajstić information content (AvgIpc) is 3.35. The third kappa shape index (κ3) is 9.30. The van der Waals surface area contributed by atoms with Crippen molar-refractivity contribution in [2.45, 2.75) is 51.6 Å². The van der Waals surface area contributed by atoms with Gasteiger partial charge in [-0.1, -0.05) is 35.3 Å². The number of ether oxygens (including phenoxy) is 2. The summed E-state index contributed by atoms with van der Waals surface area (Å²) in [5.41, 5.74) is -3.99. The summed E-state index contributed by atoms with van der Waals surface area (Å²) in [7, 11) is 2.70. The maximum Gasteiger partial charge on any atom is 0.437 e. The van der Waals surface area contributed by atoms with E-state index in [4.69, 9.17) is 32.7 Å². The second-order valence-electron chi connectivity index (χ2n) is 12.1. The molecule has 0 fully saturated rings. The molecule has 1 atom stereocenters. The van der Waals surface area contributed by atoms with Gasteiger partial charge in [-0.05, 0) is 73.9 Å². The van der Waals surface area contributed by atoms with Crippen LogP contribution in [0.15, 0.2) is 65.9 Å². The number of rotatable bonds is 8. The lowest BCUT2D eigenvalue weighted by Crippen LogP contribution is -2.31. The summed E-state index contributed by atoms with van der Waals surface area (Å²) < 4.78 is 85.7. The summed E-state index contributed by atoms with van der Waals surface area (Å²) in [5, 5.41) is 2.80. The number of nitrogens with one attached hydrogen (secondary N) is 1. The van der Waals surface area contributed by atoms with E-state index in [0.29, 0.717) is 5.56 Å². The van der Waals surface area contributed by atoms with E-state index < -0.39 is 76.1 Å². The number of esters is 1. The topological polar surface area (TPSA) is 104 Å². The van der Waals surface area contributed by atoms with Crippen molar-refractivity contribution < 1.29 is 45.8 Å². The summed E-state index contributed by atoms with van der Waals surface area (Å²) in [6, 6.07) is 7.02. The Hall–Kier alpha value is -4.69. The Balaban J connectivity index is 1.89. The number of benzene rings is 3. The Morgan fingerprint density at radius 3 is 2.26 bits per heavy atom. The predicted molar refractivity (Wildman–Crippen MR) is 174 cm³/mol. The van der Waals surface area contributed by atoms with Gasteiger partial charge in [0.05, 0.1) is 47.3 Å². The van der Waals surface area contributed by atoms with Gasteiger partial charge in [0.2, 0.25) is 5.62 Å². The van der Waals surface area contributed by atoms with E-state index >= 15 is 4.39 Å². The molecule has 3 aromatic carbocycles. The first kappa shape index (κ1) is 38.1. The van der Waals surface area contributed by atoms with Crippen LogP contribution in [0.1, 0.15) is 60.3 Å². The van der Waals surface area contributed by atoms with E-state index in [2.05, 4.69) is 10.3 Å². The Bertz CT molecular complexity index is 2020. The van der Waals surface area contributed by atoms with Crippen LogP contribution in [0.3, 0.4) is 0 Å². The number of aromatic nitrogens is 2. The molecule has 266 valence electrons. The highest BCUT2D eigenvalue weighted by Crippen LogP contribution is 2.39. The molecule has 0 aliphatic carbocycles. The molecule has 9 nitrogen and oxygen atoms in total. The molecule has 1 aromatic heterocycles. The van der Waals surface area contributed by atoms with Gasteiger partial charge in [0.1, 0.15) is 17.2 Å². The molecule has 0 bridgehead atoms. The van der Waals surface area contributed by atoms with Gasteiger partial charge in [0.25, 0.3) is 5.91 Å². The zero-order chi connectivity index (χ0) is 37.1. The van der Waals surface area contributed by atoms with Crippen molar-refractivity contribution >= 4 is 41.2 Å². The first-order chi connectivity index (χ1) is 23.3. The van der Waals surface area contributed by atoms with Crippen molar-refractivity contribution in [3.63, 3.8) is 0 Å². The number of hydrogen-bond donors (Lipinski definition) is 1. The van der Waals surface area contributed by atoms with E-state index in [-0.39, 0.29) is 33.8 Å². The Kier molecular flexibility index (Phi) is 11.5. The molecule has 50 heavy (non-hydrogen) atoms. The van der Waals surface area contributed by atoms with Crippen molar-refractivity contribution in [1.82, 2.24) is 14.5 Å². The zero-order valence-electron chi connectivity index (χ0n) is 27.3. The van der Waals surface area contributed by atoms with Crippen LogP contribution < -0.4 is 10.9 Å². The summed E-state index contributed by atoms with van der Waals surface area (Å²) in [6.45, 7) is 4.72. The highest BCUT2D eigenvalue weighted by atomic mass is 35.5. The minimum absolute atomic E-state index is 0.0617. The normalized spacial score (nSPS) is 12.8. The maximum absolute atomic E-state index is 16.4. The minimum atomic E-state index is -5.10. The number of carbonyl (C=O) groups is 3. The van der Waals surface area contributed by atoms with Gasteiger partial charge in [-0.15, -0.1) is 4.99 Å². The van der Waals surface area contributed by atoms with Crippen LogP contribution >= 0.6 is 23.2 Å². The Labute approximate surface area is 293 Å². The van der Waals surface area contributed by atoms with Crippen LogP contribution in [-0.2, 0) is 34.0 Å². The molecule has 0 aliphatic rings. The molecule has 4 aromatic rings. The number of methoxy groups -OCH3 is 1. The first-order valence-electron chi connectivity index (χ1n) is 14.8. The number of carbonyl (C=O) groups excluding carboxylic acids is 3. The van der Waals surface area contributed by atoms with E-state index in [1.165, 1.54) is 39.7 Å². The summed E-state index contributed by atoms with van der Waals surface area (Å²) in [5.74, 6) is -4.43. The zero-order valence-corrected chi connectivity index (χ0v) is 28.8. The van der Waals surface area contributed by atoms with Crippen molar-refractivity contribution in [1.29, 1.82) is 0 Å². The first-order valence-corrected chi connectivity index (χ1v) is 15.5. The summed E-state index contributed by atoms with van der Waals surface area (Å²) in [6.07, 6.45) is -3.41. The molecule has 1 unspecified atom stereocenters. The predicted octanol–water partition coefficient (Wildman–Crippen LogP) is 8.02. The fourth-order valence-electron chi connectivity index (χ4n) is 4.94. The van der Waals surface area contributed by atoms with Gasteiger partial charge in [-0.25, -0.2) is 13.6 Å². The van der Waals surface area contributed by atoms with Gasteiger partial charge >= 0.3 is 18.2 Å². The fourth-order valence-corrected chi connectivity index (χ4v) is 5.24. The number of nitrogens with zero attached hydrogens (tertiary/aromatic N) is 3. The molecule has 0 radical (unpaired) electrons. The number of aryl methyl sites for hydroxylation is 1. The SMILES string of the molecule is COC(=O)CC(NC(=O)c1cc(Cn2ccn(C)/c2=N/C(=O)OC(C)(C)C)cc(-c2ccc(F)cc2C(F)(F)F)c1F)c1ccc(Cl)c(Cl)c1. The van der Waals surface area contributed by atoms with E-state index in [9.17, 15) is 31.9 Å². The van der Waals surface area contributed by atoms with E-state index in [0.717, 1.165) is 31.4 Å². The van der Waals surface area contributed by atoms with Crippen molar-refractivity contribution in [3.05, 3.63) is 110 Å². The lowest BCUT2D eigenvalue weighted by Gasteiger charge is -2.21. The molecule has 0 spiro atoms. The maximum atomic E-state index is 16.4. The molecule has 1 N–H and O–H groups in total. The smallest absolute Gasteiger partial charge is 0.437 e. The summed E-state index contributed by atoms with van der Waals surface area (Å²) in [4.78, 5) is 42.6. The van der Waals surface area contributed by atoms with Crippen molar-refractivity contribution in [2.75, 3.05) is 7.11 Å². The molecule has 1 heterocycles. The van der Waals surface area contributed by atoms with Crippen LogP contribution in [0.25, 0.3) is 11.1 Å². The lowest BCUT2D eigenvalue weighted by atomic mass is 9.94. The second-order valence-corrected chi connectivity index (χ2v) is 12.9. The Morgan fingerprint density at radius 2 is 1.64 bits per heavy atom. The van der Waals surface area contributed by atoms with Gasteiger partial charge < -0.3 is 23.9 Å². The lowest BCUT2D eigenvalue weighted by molar-refractivity contribution is -0.141. The fraction of sp³-hybridized carbons (Fsp3) is 0.294. The molecule has 0 aliphatic heterocycles. The number of alkyl halides is 3. The van der Waals surface area contributed by atoms with Crippen LogP contribution in [0.5, 0.6) is 0 Å². The third-order valence-electron chi connectivity index (χ3n) is 7.18. The van der Waals surface area contributed by atoms with Crippen LogP contribution in [0, 0.1) is 11.6 Å². The molecular formula is C34H31Cl2F5N4O5. The van der Waals surface area contributed by atoms with Gasteiger partial charge in [-0.2, -0.15) is 13.2 Å². The van der Waals surface area contributed by atoms with Crippen molar-refractivity contribution in [2.24, 2.45) is 12.0 Å².